The quantitative estimate of drug-likeness (QED) is 0.412. The second kappa shape index (κ2) is 12.3. The molecular formula is C27H33N5O4. The number of benzene rings is 1. The van der Waals surface area contributed by atoms with E-state index in [0.717, 1.165) is 55.4 Å². The van der Waals surface area contributed by atoms with E-state index in [-0.39, 0.29) is 18.2 Å². The maximum Gasteiger partial charge on any atom is 0.227 e. The van der Waals surface area contributed by atoms with Gasteiger partial charge in [0.15, 0.2) is 5.82 Å². The Morgan fingerprint density at radius 2 is 1.83 bits per heavy atom. The van der Waals surface area contributed by atoms with Gasteiger partial charge in [0.25, 0.3) is 0 Å². The Balaban J connectivity index is 1.24. The van der Waals surface area contributed by atoms with Crippen LogP contribution in [0.4, 0.5) is 0 Å². The summed E-state index contributed by atoms with van der Waals surface area (Å²) in [4.78, 5) is 32.9. The molecule has 2 aromatic heterocycles. The van der Waals surface area contributed by atoms with E-state index in [4.69, 9.17) is 9.26 Å². The molecule has 2 heterocycles. The van der Waals surface area contributed by atoms with Gasteiger partial charge in [0, 0.05) is 44.3 Å². The average Bonchev–Trinajstić information content (AvgIpc) is 3.26. The minimum absolute atomic E-state index is 0.0994. The number of hydrogen-bond donors (Lipinski definition) is 2. The summed E-state index contributed by atoms with van der Waals surface area (Å²) < 4.78 is 11.2. The van der Waals surface area contributed by atoms with Crippen LogP contribution >= 0.6 is 0 Å². The Labute approximate surface area is 211 Å². The predicted molar refractivity (Wildman–Crippen MR) is 133 cm³/mol. The van der Waals surface area contributed by atoms with Crippen LogP contribution in [0.1, 0.15) is 74.7 Å². The first kappa shape index (κ1) is 25.3. The molecule has 0 saturated heterocycles. The SMILES string of the molecule is CC(=O)NC1(c2noc(CCC(=O)NCc3ccc(OCc4cccnc4)cc3)n2)CCCCCC1. The topological polar surface area (TPSA) is 119 Å². The van der Waals surface area contributed by atoms with Gasteiger partial charge in [-0.05, 0) is 36.6 Å². The second-order valence-corrected chi connectivity index (χ2v) is 9.26. The molecule has 36 heavy (non-hydrogen) atoms. The van der Waals surface area contributed by atoms with Gasteiger partial charge in [0.1, 0.15) is 17.9 Å². The summed E-state index contributed by atoms with van der Waals surface area (Å²) >= 11 is 0. The average molecular weight is 492 g/mol. The third-order valence-corrected chi connectivity index (χ3v) is 6.38. The molecule has 2 N–H and O–H groups in total. The summed E-state index contributed by atoms with van der Waals surface area (Å²) in [5.74, 6) is 1.48. The zero-order chi connectivity index (χ0) is 25.2. The first-order valence-corrected chi connectivity index (χ1v) is 12.5. The number of amides is 2. The standard InChI is InChI=1S/C27H33N5O4/c1-20(33)31-27(14-4-2-3-5-15-27)26-30-25(36-32-26)13-12-24(34)29-18-21-8-10-23(11-9-21)35-19-22-7-6-16-28-17-22/h6-11,16-17H,2-5,12-15,18-19H2,1H3,(H,29,34)(H,31,33). The number of rotatable bonds is 10. The normalized spacial score (nSPS) is 15.0. The van der Waals surface area contributed by atoms with Crippen molar-refractivity contribution < 1.29 is 18.8 Å². The summed E-state index contributed by atoms with van der Waals surface area (Å²) in [6.07, 6.45) is 9.94. The molecule has 1 saturated carbocycles. The van der Waals surface area contributed by atoms with E-state index in [1.807, 2.05) is 36.4 Å². The van der Waals surface area contributed by atoms with Gasteiger partial charge in [-0.25, -0.2) is 0 Å². The zero-order valence-electron chi connectivity index (χ0n) is 20.7. The summed E-state index contributed by atoms with van der Waals surface area (Å²) in [6.45, 7) is 2.39. The monoisotopic (exact) mass is 491 g/mol. The van der Waals surface area contributed by atoms with Crippen LogP contribution in [-0.4, -0.2) is 26.9 Å². The lowest BCUT2D eigenvalue weighted by Crippen LogP contribution is -2.45. The molecule has 0 atom stereocenters. The van der Waals surface area contributed by atoms with Crippen molar-refractivity contribution >= 4 is 11.8 Å². The van der Waals surface area contributed by atoms with Gasteiger partial charge in [0.05, 0.1) is 0 Å². The van der Waals surface area contributed by atoms with Crippen LogP contribution in [0.5, 0.6) is 5.75 Å². The molecule has 9 heteroatoms. The molecule has 9 nitrogen and oxygen atoms in total. The lowest BCUT2D eigenvalue weighted by Gasteiger charge is -2.30. The van der Waals surface area contributed by atoms with Crippen LogP contribution in [0.2, 0.25) is 0 Å². The van der Waals surface area contributed by atoms with E-state index in [1.54, 1.807) is 12.4 Å². The fraction of sp³-hybridized carbons (Fsp3) is 0.444. The maximum atomic E-state index is 12.4. The van der Waals surface area contributed by atoms with Crippen molar-refractivity contribution in [2.75, 3.05) is 0 Å². The van der Waals surface area contributed by atoms with Crippen molar-refractivity contribution in [2.24, 2.45) is 0 Å². The Morgan fingerprint density at radius 3 is 2.53 bits per heavy atom. The van der Waals surface area contributed by atoms with E-state index in [2.05, 4.69) is 25.8 Å². The van der Waals surface area contributed by atoms with Gasteiger partial charge < -0.3 is 19.9 Å². The molecule has 0 bridgehead atoms. The van der Waals surface area contributed by atoms with Crippen LogP contribution in [-0.2, 0) is 34.7 Å². The molecule has 1 fully saturated rings. The van der Waals surface area contributed by atoms with Crippen molar-refractivity contribution in [3.63, 3.8) is 0 Å². The summed E-state index contributed by atoms with van der Waals surface area (Å²) in [5.41, 5.74) is 1.39. The molecule has 1 aromatic carbocycles. The molecule has 0 aliphatic heterocycles. The number of carbonyl (C=O) groups is 2. The lowest BCUT2D eigenvalue weighted by atomic mass is 9.89. The molecule has 0 unspecified atom stereocenters. The highest BCUT2D eigenvalue weighted by Gasteiger charge is 2.38. The predicted octanol–water partition coefficient (Wildman–Crippen LogP) is 3.98. The number of pyridine rings is 1. The van der Waals surface area contributed by atoms with Crippen molar-refractivity contribution in [3.8, 4) is 5.75 Å². The van der Waals surface area contributed by atoms with Crippen LogP contribution in [0.3, 0.4) is 0 Å². The Bertz CT molecular complexity index is 1120. The van der Waals surface area contributed by atoms with E-state index >= 15 is 0 Å². The van der Waals surface area contributed by atoms with Gasteiger partial charge in [-0.15, -0.1) is 0 Å². The summed E-state index contributed by atoms with van der Waals surface area (Å²) in [6, 6.07) is 11.5. The largest absolute Gasteiger partial charge is 0.489 e. The van der Waals surface area contributed by atoms with E-state index in [1.165, 1.54) is 6.92 Å². The third-order valence-electron chi connectivity index (χ3n) is 6.38. The van der Waals surface area contributed by atoms with Gasteiger partial charge in [-0.2, -0.15) is 4.98 Å². The van der Waals surface area contributed by atoms with Gasteiger partial charge >= 0.3 is 0 Å². The number of aromatic nitrogens is 3. The summed E-state index contributed by atoms with van der Waals surface area (Å²) in [7, 11) is 0. The van der Waals surface area contributed by atoms with Gasteiger partial charge in [0.2, 0.25) is 17.7 Å². The van der Waals surface area contributed by atoms with Crippen molar-refractivity contribution in [3.05, 3.63) is 71.6 Å². The highest BCUT2D eigenvalue weighted by Crippen LogP contribution is 2.34. The van der Waals surface area contributed by atoms with E-state index in [0.29, 0.717) is 31.3 Å². The fourth-order valence-electron chi connectivity index (χ4n) is 4.49. The number of hydrogen-bond acceptors (Lipinski definition) is 7. The summed E-state index contributed by atoms with van der Waals surface area (Å²) in [5, 5.41) is 10.2. The Kier molecular flexibility index (Phi) is 8.65. The van der Waals surface area contributed by atoms with Crippen LogP contribution < -0.4 is 15.4 Å². The van der Waals surface area contributed by atoms with Crippen molar-refractivity contribution in [1.82, 2.24) is 25.8 Å². The van der Waals surface area contributed by atoms with Crippen molar-refractivity contribution in [1.29, 1.82) is 0 Å². The molecule has 0 radical (unpaired) electrons. The molecule has 2 amide bonds. The van der Waals surface area contributed by atoms with Gasteiger partial charge in [-0.3, -0.25) is 14.6 Å². The van der Waals surface area contributed by atoms with Crippen molar-refractivity contribution in [2.45, 2.75) is 77.0 Å². The Morgan fingerprint density at radius 1 is 1.06 bits per heavy atom. The zero-order valence-corrected chi connectivity index (χ0v) is 20.7. The fourth-order valence-corrected chi connectivity index (χ4v) is 4.49. The van der Waals surface area contributed by atoms with Crippen LogP contribution in [0, 0.1) is 0 Å². The molecule has 0 spiro atoms. The van der Waals surface area contributed by atoms with Gasteiger partial charge in [-0.1, -0.05) is 49.0 Å². The minimum Gasteiger partial charge on any atom is -0.489 e. The molecule has 3 aromatic rings. The van der Waals surface area contributed by atoms with Crippen LogP contribution in [0.25, 0.3) is 0 Å². The lowest BCUT2D eigenvalue weighted by molar-refractivity contribution is -0.122. The first-order valence-electron chi connectivity index (χ1n) is 12.5. The number of aryl methyl sites for hydroxylation is 1. The number of carbonyl (C=O) groups excluding carboxylic acids is 2. The highest BCUT2D eigenvalue weighted by molar-refractivity contribution is 5.76. The first-order chi connectivity index (χ1) is 17.5. The molecule has 1 aliphatic carbocycles. The highest BCUT2D eigenvalue weighted by atomic mass is 16.5. The van der Waals surface area contributed by atoms with E-state index in [9.17, 15) is 9.59 Å². The number of nitrogens with one attached hydrogen (secondary N) is 2. The molecular weight excluding hydrogens is 458 g/mol. The Hall–Kier alpha value is -3.75. The number of nitrogens with zero attached hydrogens (tertiary/aromatic N) is 3. The minimum atomic E-state index is -0.583. The van der Waals surface area contributed by atoms with Crippen LogP contribution in [0.15, 0.2) is 53.3 Å². The molecule has 1 aliphatic rings. The molecule has 190 valence electrons. The second-order valence-electron chi connectivity index (χ2n) is 9.26. The van der Waals surface area contributed by atoms with E-state index < -0.39 is 5.54 Å². The molecule has 4 rings (SSSR count). The number of ether oxygens (including phenoxy) is 1. The smallest absolute Gasteiger partial charge is 0.227 e. The third kappa shape index (κ3) is 7.13. The maximum absolute atomic E-state index is 12.4.